The Hall–Kier alpha value is -3.12. The zero-order valence-corrected chi connectivity index (χ0v) is 14.1. The van der Waals surface area contributed by atoms with Gasteiger partial charge in [-0.3, -0.25) is 9.59 Å². The maximum Gasteiger partial charge on any atom is 0.291 e. The van der Waals surface area contributed by atoms with E-state index in [0.29, 0.717) is 12.2 Å². The van der Waals surface area contributed by atoms with E-state index in [1.807, 2.05) is 35.0 Å². The SMILES string of the molecule is O=C(/C=C/c1ccsc1)NCc1cccc(NC(=O)c2ccco2)c1. The summed E-state index contributed by atoms with van der Waals surface area (Å²) in [4.78, 5) is 23.8. The lowest BCUT2D eigenvalue weighted by molar-refractivity contribution is -0.116. The van der Waals surface area contributed by atoms with Crippen molar-refractivity contribution in [3.8, 4) is 0 Å². The largest absolute Gasteiger partial charge is 0.459 e. The molecule has 0 unspecified atom stereocenters. The van der Waals surface area contributed by atoms with Gasteiger partial charge in [-0.05, 0) is 58.3 Å². The predicted octanol–water partition coefficient (Wildman–Crippen LogP) is 3.92. The Morgan fingerprint density at radius 2 is 2.08 bits per heavy atom. The summed E-state index contributed by atoms with van der Waals surface area (Å²) in [6.07, 6.45) is 4.72. The number of carbonyl (C=O) groups excluding carboxylic acids is 2. The third-order valence-corrected chi connectivity index (χ3v) is 4.07. The first-order chi connectivity index (χ1) is 12.2. The lowest BCUT2D eigenvalue weighted by Gasteiger charge is -2.07. The lowest BCUT2D eigenvalue weighted by atomic mass is 10.2. The molecule has 5 nitrogen and oxygen atoms in total. The molecule has 6 heteroatoms. The molecular formula is C19H16N2O3S. The van der Waals surface area contributed by atoms with Crippen LogP contribution in [0.3, 0.4) is 0 Å². The molecule has 0 aliphatic heterocycles. The molecule has 0 bridgehead atoms. The molecule has 2 aromatic heterocycles. The second-order valence-electron chi connectivity index (χ2n) is 5.24. The molecule has 0 saturated carbocycles. The highest BCUT2D eigenvalue weighted by molar-refractivity contribution is 7.08. The first-order valence-electron chi connectivity index (χ1n) is 7.62. The van der Waals surface area contributed by atoms with Crippen molar-refractivity contribution in [1.29, 1.82) is 0 Å². The molecule has 2 amide bonds. The summed E-state index contributed by atoms with van der Waals surface area (Å²) < 4.78 is 5.06. The van der Waals surface area contributed by atoms with Gasteiger partial charge in [0.1, 0.15) is 0 Å². The van der Waals surface area contributed by atoms with Crippen molar-refractivity contribution in [2.45, 2.75) is 6.54 Å². The van der Waals surface area contributed by atoms with Gasteiger partial charge in [-0.2, -0.15) is 11.3 Å². The van der Waals surface area contributed by atoms with E-state index in [-0.39, 0.29) is 17.6 Å². The van der Waals surface area contributed by atoms with Crippen LogP contribution in [0, 0.1) is 0 Å². The summed E-state index contributed by atoms with van der Waals surface area (Å²) in [5, 5.41) is 9.50. The van der Waals surface area contributed by atoms with Crippen LogP contribution in [-0.4, -0.2) is 11.8 Å². The number of hydrogen-bond donors (Lipinski definition) is 2. The van der Waals surface area contributed by atoms with Crippen molar-refractivity contribution in [3.63, 3.8) is 0 Å². The van der Waals surface area contributed by atoms with Gasteiger partial charge >= 0.3 is 0 Å². The molecule has 3 aromatic rings. The molecule has 1 aromatic carbocycles. The van der Waals surface area contributed by atoms with Crippen molar-refractivity contribution in [2.24, 2.45) is 0 Å². The molecule has 0 spiro atoms. The number of rotatable bonds is 6. The van der Waals surface area contributed by atoms with E-state index in [9.17, 15) is 9.59 Å². The summed E-state index contributed by atoms with van der Waals surface area (Å²) >= 11 is 1.58. The van der Waals surface area contributed by atoms with Crippen LogP contribution < -0.4 is 10.6 Å². The summed E-state index contributed by atoms with van der Waals surface area (Å²) in [7, 11) is 0. The third kappa shape index (κ3) is 4.92. The van der Waals surface area contributed by atoms with Crippen molar-refractivity contribution in [2.75, 3.05) is 5.32 Å². The maximum atomic E-state index is 12.0. The van der Waals surface area contributed by atoms with Crippen LogP contribution in [0.4, 0.5) is 5.69 Å². The molecule has 126 valence electrons. The quantitative estimate of drug-likeness (QED) is 0.661. The zero-order chi connectivity index (χ0) is 17.5. The topological polar surface area (TPSA) is 71.3 Å². The molecule has 0 saturated heterocycles. The molecule has 2 heterocycles. The predicted molar refractivity (Wildman–Crippen MR) is 98.3 cm³/mol. The molecule has 0 aliphatic carbocycles. The highest BCUT2D eigenvalue weighted by Gasteiger charge is 2.08. The van der Waals surface area contributed by atoms with Crippen LogP contribution in [0.25, 0.3) is 6.08 Å². The molecule has 0 fully saturated rings. The second kappa shape index (κ2) is 8.12. The van der Waals surface area contributed by atoms with Crippen molar-refractivity contribution in [1.82, 2.24) is 5.32 Å². The molecule has 0 radical (unpaired) electrons. The van der Waals surface area contributed by atoms with E-state index in [0.717, 1.165) is 11.1 Å². The molecule has 2 N–H and O–H groups in total. The first kappa shape index (κ1) is 16.7. The smallest absolute Gasteiger partial charge is 0.291 e. The van der Waals surface area contributed by atoms with Gasteiger partial charge in [0.15, 0.2) is 5.76 Å². The van der Waals surface area contributed by atoms with E-state index in [2.05, 4.69) is 10.6 Å². The fourth-order valence-electron chi connectivity index (χ4n) is 2.15. The van der Waals surface area contributed by atoms with Gasteiger partial charge in [0.25, 0.3) is 5.91 Å². The molecule has 0 atom stereocenters. The number of nitrogens with one attached hydrogen (secondary N) is 2. The molecule has 0 aliphatic rings. The minimum atomic E-state index is -0.315. The van der Waals surface area contributed by atoms with Crippen molar-refractivity contribution >= 4 is 34.9 Å². The average molecular weight is 352 g/mol. The van der Waals surface area contributed by atoms with Crippen LogP contribution in [0.1, 0.15) is 21.7 Å². The number of furan rings is 1. The van der Waals surface area contributed by atoms with Crippen molar-refractivity contribution < 1.29 is 14.0 Å². The van der Waals surface area contributed by atoms with Gasteiger partial charge in [-0.1, -0.05) is 12.1 Å². The minimum absolute atomic E-state index is 0.170. The Labute approximate surface area is 149 Å². The summed E-state index contributed by atoms with van der Waals surface area (Å²) in [6.45, 7) is 0.372. The highest BCUT2D eigenvalue weighted by Crippen LogP contribution is 2.13. The Bertz CT molecular complexity index is 868. The van der Waals surface area contributed by atoms with Crippen LogP contribution in [-0.2, 0) is 11.3 Å². The van der Waals surface area contributed by atoms with E-state index < -0.39 is 0 Å². The van der Waals surface area contributed by atoms with E-state index in [1.54, 1.807) is 35.6 Å². The molecule has 25 heavy (non-hydrogen) atoms. The van der Waals surface area contributed by atoms with Gasteiger partial charge in [-0.15, -0.1) is 0 Å². The van der Waals surface area contributed by atoms with E-state index in [4.69, 9.17) is 4.42 Å². The van der Waals surface area contributed by atoms with Gasteiger partial charge in [0.05, 0.1) is 6.26 Å². The van der Waals surface area contributed by atoms with Crippen LogP contribution >= 0.6 is 11.3 Å². The van der Waals surface area contributed by atoms with Crippen LogP contribution in [0.5, 0.6) is 0 Å². The third-order valence-electron chi connectivity index (χ3n) is 3.37. The highest BCUT2D eigenvalue weighted by atomic mass is 32.1. The number of benzene rings is 1. The minimum Gasteiger partial charge on any atom is -0.459 e. The second-order valence-corrected chi connectivity index (χ2v) is 6.02. The normalized spacial score (nSPS) is 10.7. The Morgan fingerprint density at radius 3 is 2.84 bits per heavy atom. The summed E-state index contributed by atoms with van der Waals surface area (Å²) in [5.74, 6) is -0.238. The first-order valence-corrected chi connectivity index (χ1v) is 8.57. The number of hydrogen-bond acceptors (Lipinski definition) is 4. The Kier molecular flexibility index (Phi) is 5.43. The van der Waals surface area contributed by atoms with Gasteiger partial charge in [0, 0.05) is 18.3 Å². The van der Waals surface area contributed by atoms with Crippen LogP contribution in [0.2, 0.25) is 0 Å². The average Bonchev–Trinajstić information content (AvgIpc) is 3.32. The molecule has 3 rings (SSSR count). The zero-order valence-electron chi connectivity index (χ0n) is 13.3. The van der Waals surface area contributed by atoms with Gasteiger partial charge in [-0.25, -0.2) is 0 Å². The fraction of sp³-hybridized carbons (Fsp3) is 0.0526. The Balaban J connectivity index is 1.54. The maximum absolute atomic E-state index is 12.0. The number of thiophene rings is 1. The number of amides is 2. The number of anilines is 1. The van der Waals surface area contributed by atoms with Gasteiger partial charge in [0.2, 0.25) is 5.91 Å². The monoisotopic (exact) mass is 352 g/mol. The summed E-state index contributed by atoms with van der Waals surface area (Å²) in [5.41, 5.74) is 2.53. The lowest BCUT2D eigenvalue weighted by Crippen LogP contribution is -2.20. The van der Waals surface area contributed by atoms with Gasteiger partial charge < -0.3 is 15.1 Å². The standard InChI is InChI=1S/C19H16N2O3S/c22-18(7-6-14-8-10-25-13-14)20-12-15-3-1-4-16(11-15)21-19(23)17-5-2-9-24-17/h1-11,13H,12H2,(H,20,22)(H,21,23)/b7-6+. The molecular weight excluding hydrogens is 336 g/mol. The van der Waals surface area contributed by atoms with E-state index >= 15 is 0 Å². The number of carbonyl (C=O) groups is 2. The fourth-order valence-corrected chi connectivity index (χ4v) is 2.78. The summed E-state index contributed by atoms with van der Waals surface area (Å²) in [6, 6.07) is 12.5. The van der Waals surface area contributed by atoms with E-state index in [1.165, 1.54) is 12.3 Å². The van der Waals surface area contributed by atoms with Crippen LogP contribution in [0.15, 0.2) is 70.0 Å². The van der Waals surface area contributed by atoms with Crippen molar-refractivity contribution in [3.05, 3.63) is 82.5 Å². The Morgan fingerprint density at radius 1 is 1.16 bits per heavy atom.